The maximum absolute atomic E-state index is 11.8. The lowest BCUT2D eigenvalue weighted by Crippen LogP contribution is -2.38. The first-order valence-corrected chi connectivity index (χ1v) is 6.99. The van der Waals surface area contributed by atoms with E-state index in [1.807, 2.05) is 32.0 Å². The molecule has 0 radical (unpaired) electrons. The number of anilines is 1. The third kappa shape index (κ3) is 6.74. The third-order valence-electron chi connectivity index (χ3n) is 2.92. The van der Waals surface area contributed by atoms with Crippen LogP contribution in [-0.2, 0) is 9.59 Å². The van der Waals surface area contributed by atoms with Crippen LogP contribution in [0.15, 0.2) is 18.2 Å². The maximum atomic E-state index is 11.8. The molecule has 0 unspecified atom stereocenters. The molecule has 1 rings (SSSR count). The number of hydrogen-bond acceptors (Lipinski definition) is 3. The number of benzene rings is 1. The lowest BCUT2D eigenvalue weighted by atomic mass is 10.1. The zero-order chi connectivity index (χ0) is 16.5. The van der Waals surface area contributed by atoms with E-state index in [0.29, 0.717) is 0 Å². The van der Waals surface area contributed by atoms with Crippen LogP contribution in [0.1, 0.15) is 24.0 Å². The van der Waals surface area contributed by atoms with Crippen molar-refractivity contribution in [2.75, 3.05) is 18.4 Å². The average Bonchev–Trinajstić information content (AvgIpc) is 2.41. The molecule has 0 fully saturated rings. The standard InChI is InChI=1S/C15H21N3O4/c1-10-3-4-12(11(2)9-10)18-13(19)5-7-16-15(22)17-8-6-14(20)21/h3-4,9H,5-8H2,1-2H3,(H,18,19)(H,20,21)(H2,16,17,22). The fourth-order valence-corrected chi connectivity index (χ4v) is 1.80. The zero-order valence-corrected chi connectivity index (χ0v) is 12.7. The van der Waals surface area contributed by atoms with E-state index in [2.05, 4.69) is 16.0 Å². The summed E-state index contributed by atoms with van der Waals surface area (Å²) in [7, 11) is 0. The summed E-state index contributed by atoms with van der Waals surface area (Å²) in [5.41, 5.74) is 2.85. The van der Waals surface area contributed by atoms with Crippen LogP contribution in [0, 0.1) is 13.8 Å². The van der Waals surface area contributed by atoms with Crippen LogP contribution in [-0.4, -0.2) is 36.1 Å². The highest BCUT2D eigenvalue weighted by Gasteiger charge is 2.06. The van der Waals surface area contributed by atoms with Crippen molar-refractivity contribution in [1.82, 2.24) is 10.6 Å². The van der Waals surface area contributed by atoms with E-state index in [4.69, 9.17) is 5.11 Å². The van der Waals surface area contributed by atoms with E-state index in [-0.39, 0.29) is 31.8 Å². The molecule has 1 aromatic carbocycles. The van der Waals surface area contributed by atoms with Gasteiger partial charge in [-0.25, -0.2) is 4.79 Å². The second-order valence-electron chi connectivity index (χ2n) is 4.94. The van der Waals surface area contributed by atoms with E-state index in [9.17, 15) is 14.4 Å². The Morgan fingerprint density at radius 3 is 2.27 bits per heavy atom. The van der Waals surface area contributed by atoms with Crippen LogP contribution in [0.3, 0.4) is 0 Å². The molecule has 22 heavy (non-hydrogen) atoms. The predicted octanol–water partition coefficient (Wildman–Crippen LogP) is 1.41. The van der Waals surface area contributed by atoms with Gasteiger partial charge in [-0.2, -0.15) is 0 Å². The van der Waals surface area contributed by atoms with E-state index in [1.54, 1.807) is 0 Å². The van der Waals surface area contributed by atoms with Crippen LogP contribution in [0.25, 0.3) is 0 Å². The second kappa shape index (κ2) is 8.66. The smallest absolute Gasteiger partial charge is 0.314 e. The number of amides is 3. The molecule has 0 heterocycles. The van der Waals surface area contributed by atoms with Gasteiger partial charge in [-0.1, -0.05) is 17.7 Å². The van der Waals surface area contributed by atoms with Crippen LogP contribution >= 0.6 is 0 Å². The predicted molar refractivity (Wildman–Crippen MR) is 82.8 cm³/mol. The lowest BCUT2D eigenvalue weighted by molar-refractivity contribution is -0.136. The number of aliphatic carboxylic acids is 1. The van der Waals surface area contributed by atoms with E-state index in [0.717, 1.165) is 16.8 Å². The van der Waals surface area contributed by atoms with Gasteiger partial charge in [-0.05, 0) is 25.5 Å². The molecule has 7 nitrogen and oxygen atoms in total. The van der Waals surface area contributed by atoms with Gasteiger partial charge in [0.05, 0.1) is 6.42 Å². The summed E-state index contributed by atoms with van der Waals surface area (Å²) < 4.78 is 0. The summed E-state index contributed by atoms with van der Waals surface area (Å²) in [5.74, 6) is -1.18. The molecule has 0 aliphatic heterocycles. The van der Waals surface area contributed by atoms with Crippen molar-refractivity contribution in [1.29, 1.82) is 0 Å². The highest BCUT2D eigenvalue weighted by Crippen LogP contribution is 2.15. The highest BCUT2D eigenvalue weighted by atomic mass is 16.4. The van der Waals surface area contributed by atoms with Crippen molar-refractivity contribution in [2.24, 2.45) is 0 Å². The van der Waals surface area contributed by atoms with Crippen LogP contribution in [0.2, 0.25) is 0 Å². The number of carbonyl (C=O) groups excluding carboxylic acids is 2. The normalized spacial score (nSPS) is 9.91. The number of carboxylic acid groups (broad SMARTS) is 1. The molecule has 7 heteroatoms. The average molecular weight is 307 g/mol. The minimum atomic E-state index is -0.979. The maximum Gasteiger partial charge on any atom is 0.314 e. The minimum Gasteiger partial charge on any atom is -0.481 e. The summed E-state index contributed by atoms with van der Waals surface area (Å²) in [4.78, 5) is 33.4. The Labute approximate surface area is 129 Å². The molecule has 0 atom stereocenters. The number of urea groups is 1. The topological polar surface area (TPSA) is 108 Å². The number of carbonyl (C=O) groups is 3. The SMILES string of the molecule is Cc1ccc(NC(=O)CCNC(=O)NCCC(=O)O)c(C)c1. The van der Waals surface area contributed by atoms with Crippen molar-refractivity contribution in [3.63, 3.8) is 0 Å². The largest absolute Gasteiger partial charge is 0.481 e. The van der Waals surface area contributed by atoms with Gasteiger partial charge in [-0.15, -0.1) is 0 Å². The Balaban J connectivity index is 2.25. The fraction of sp³-hybridized carbons (Fsp3) is 0.400. The summed E-state index contributed by atoms with van der Waals surface area (Å²) >= 11 is 0. The highest BCUT2D eigenvalue weighted by molar-refractivity contribution is 5.91. The van der Waals surface area contributed by atoms with Gasteiger partial charge in [0.2, 0.25) is 5.91 Å². The summed E-state index contributed by atoms with van der Waals surface area (Å²) in [6.07, 6.45) is 0.000272. The Morgan fingerprint density at radius 1 is 1.05 bits per heavy atom. The molecule has 4 N–H and O–H groups in total. The van der Waals surface area contributed by atoms with Crippen LogP contribution < -0.4 is 16.0 Å². The van der Waals surface area contributed by atoms with Crippen LogP contribution in [0.4, 0.5) is 10.5 Å². The van der Waals surface area contributed by atoms with Crippen LogP contribution in [0.5, 0.6) is 0 Å². The summed E-state index contributed by atoms with van der Waals surface area (Å²) in [6.45, 7) is 4.12. The second-order valence-corrected chi connectivity index (χ2v) is 4.94. The molecule has 120 valence electrons. The lowest BCUT2D eigenvalue weighted by Gasteiger charge is -2.10. The van der Waals surface area contributed by atoms with Gasteiger partial charge >= 0.3 is 12.0 Å². The van der Waals surface area contributed by atoms with E-state index < -0.39 is 12.0 Å². The number of hydrogen-bond donors (Lipinski definition) is 4. The van der Waals surface area contributed by atoms with Gasteiger partial charge in [0.1, 0.15) is 0 Å². The Kier molecular flexibility index (Phi) is 6.88. The fourth-order valence-electron chi connectivity index (χ4n) is 1.80. The molecule has 0 bridgehead atoms. The Hall–Kier alpha value is -2.57. The molecule has 3 amide bonds. The summed E-state index contributed by atoms with van der Waals surface area (Å²) in [5, 5.41) is 16.1. The van der Waals surface area contributed by atoms with Gasteiger partial charge < -0.3 is 21.1 Å². The first-order valence-electron chi connectivity index (χ1n) is 6.99. The minimum absolute atomic E-state index is 0.0515. The number of aryl methyl sites for hydroxylation is 2. The van der Waals surface area contributed by atoms with Crippen molar-refractivity contribution >= 4 is 23.6 Å². The quantitative estimate of drug-likeness (QED) is 0.610. The molecule has 0 aromatic heterocycles. The van der Waals surface area contributed by atoms with E-state index >= 15 is 0 Å². The van der Waals surface area contributed by atoms with Gasteiger partial charge in [0, 0.05) is 25.2 Å². The van der Waals surface area contributed by atoms with Gasteiger partial charge in [0.15, 0.2) is 0 Å². The molecular formula is C15H21N3O4. The van der Waals surface area contributed by atoms with E-state index in [1.165, 1.54) is 0 Å². The van der Waals surface area contributed by atoms with Gasteiger partial charge in [0.25, 0.3) is 0 Å². The molecule has 0 spiro atoms. The Morgan fingerprint density at radius 2 is 1.68 bits per heavy atom. The first-order chi connectivity index (χ1) is 10.4. The molecule has 1 aromatic rings. The monoisotopic (exact) mass is 307 g/mol. The third-order valence-corrected chi connectivity index (χ3v) is 2.92. The van der Waals surface area contributed by atoms with Gasteiger partial charge in [-0.3, -0.25) is 9.59 Å². The number of nitrogens with one attached hydrogen (secondary N) is 3. The van der Waals surface area contributed by atoms with Crippen molar-refractivity contribution in [3.05, 3.63) is 29.3 Å². The Bertz CT molecular complexity index is 558. The molecule has 0 saturated carbocycles. The van der Waals surface area contributed by atoms with Crippen molar-refractivity contribution in [3.8, 4) is 0 Å². The first kappa shape index (κ1) is 17.5. The molecule has 0 aliphatic rings. The summed E-state index contributed by atoms with van der Waals surface area (Å²) in [6, 6.07) is 5.25. The van der Waals surface area contributed by atoms with Crippen molar-refractivity contribution < 1.29 is 19.5 Å². The molecule has 0 aliphatic carbocycles. The zero-order valence-electron chi connectivity index (χ0n) is 12.7. The number of rotatable bonds is 7. The molecule has 0 saturated heterocycles. The number of carboxylic acids is 1. The van der Waals surface area contributed by atoms with Crippen molar-refractivity contribution in [2.45, 2.75) is 26.7 Å². The molecular weight excluding hydrogens is 286 g/mol.